The fourth-order valence-electron chi connectivity index (χ4n) is 3.44. The molecule has 0 radical (unpaired) electrons. The van der Waals surface area contributed by atoms with Crippen LogP contribution in [0.2, 0.25) is 0 Å². The Hall–Kier alpha value is -1.50. The number of hydrogen-bond donors (Lipinski definition) is 1. The highest BCUT2D eigenvalue weighted by atomic mass is 14.5. The van der Waals surface area contributed by atoms with Crippen LogP contribution in [0, 0.1) is 0 Å². The lowest BCUT2D eigenvalue weighted by Gasteiger charge is -2.19. The fraction of sp³-hybridized carbons (Fsp3) is 0.565. The van der Waals surface area contributed by atoms with Crippen molar-refractivity contribution in [2.45, 2.75) is 85.0 Å². The van der Waals surface area contributed by atoms with Gasteiger partial charge in [0.05, 0.1) is 0 Å². The van der Waals surface area contributed by atoms with Crippen LogP contribution in [-0.2, 0) is 19.3 Å². The number of nitrogens with two attached hydrogens (primary N) is 1. The Kier molecular flexibility index (Phi) is 9.52. The van der Waals surface area contributed by atoms with Gasteiger partial charge in [-0.15, -0.1) is 0 Å². The van der Waals surface area contributed by atoms with Gasteiger partial charge in [-0.3, -0.25) is 0 Å². The van der Waals surface area contributed by atoms with E-state index in [1.807, 2.05) is 0 Å². The highest BCUT2D eigenvalue weighted by molar-refractivity contribution is 5.67. The minimum atomic E-state index is 0.803. The Morgan fingerprint density at radius 2 is 1.58 bits per heavy atom. The fourth-order valence-corrected chi connectivity index (χ4v) is 3.44. The summed E-state index contributed by atoms with van der Waals surface area (Å²) < 4.78 is 0. The van der Waals surface area contributed by atoms with E-state index in [2.05, 4.69) is 46.1 Å². The van der Waals surface area contributed by atoms with Crippen LogP contribution in [0.25, 0.3) is 5.57 Å². The second-order valence-corrected chi connectivity index (χ2v) is 7.08. The molecule has 0 unspecified atom stereocenters. The zero-order valence-electron chi connectivity index (χ0n) is 16.2. The van der Waals surface area contributed by atoms with Crippen molar-refractivity contribution in [3.63, 3.8) is 0 Å². The molecule has 0 amide bonds. The van der Waals surface area contributed by atoms with Crippen LogP contribution in [0.5, 0.6) is 0 Å². The lowest BCUT2D eigenvalue weighted by molar-refractivity contribution is 0.700. The molecule has 0 atom stereocenters. The van der Waals surface area contributed by atoms with Crippen LogP contribution in [0.4, 0.5) is 0 Å². The molecular formula is C23H37N. The van der Waals surface area contributed by atoms with Crippen LogP contribution in [0.3, 0.4) is 0 Å². The SMILES string of the molecule is C=C(N)CCCCc1c(C(=C)C)ccc(CCCCC)c1CCC. The van der Waals surface area contributed by atoms with Gasteiger partial charge in [0.25, 0.3) is 0 Å². The summed E-state index contributed by atoms with van der Waals surface area (Å²) in [5.74, 6) is 0. The summed E-state index contributed by atoms with van der Waals surface area (Å²) in [6, 6.07) is 4.66. The van der Waals surface area contributed by atoms with Crippen LogP contribution in [-0.4, -0.2) is 0 Å². The zero-order valence-corrected chi connectivity index (χ0v) is 16.2. The Morgan fingerprint density at radius 3 is 2.17 bits per heavy atom. The van der Waals surface area contributed by atoms with Gasteiger partial charge in [0.1, 0.15) is 0 Å². The van der Waals surface area contributed by atoms with Crippen LogP contribution in [0.1, 0.15) is 88.0 Å². The lowest BCUT2D eigenvalue weighted by Crippen LogP contribution is -2.05. The molecule has 0 saturated carbocycles. The third kappa shape index (κ3) is 6.55. The molecule has 24 heavy (non-hydrogen) atoms. The number of rotatable bonds is 12. The van der Waals surface area contributed by atoms with Gasteiger partial charge >= 0.3 is 0 Å². The summed E-state index contributed by atoms with van der Waals surface area (Å²) in [6.07, 6.45) is 11.9. The predicted molar refractivity (Wildman–Crippen MR) is 109 cm³/mol. The molecule has 1 heteroatoms. The summed E-state index contributed by atoms with van der Waals surface area (Å²) in [5.41, 5.74) is 13.8. The molecule has 1 nitrogen and oxygen atoms in total. The normalized spacial score (nSPS) is 10.8. The highest BCUT2D eigenvalue weighted by Crippen LogP contribution is 2.28. The van der Waals surface area contributed by atoms with E-state index < -0.39 is 0 Å². The van der Waals surface area contributed by atoms with Gasteiger partial charge in [0, 0.05) is 5.70 Å². The minimum absolute atomic E-state index is 0.803. The van der Waals surface area contributed by atoms with E-state index in [1.54, 1.807) is 16.7 Å². The summed E-state index contributed by atoms with van der Waals surface area (Å²) in [4.78, 5) is 0. The Morgan fingerprint density at radius 1 is 0.875 bits per heavy atom. The van der Waals surface area contributed by atoms with Gasteiger partial charge in [-0.1, -0.05) is 64.0 Å². The van der Waals surface area contributed by atoms with Crippen molar-refractivity contribution in [2.24, 2.45) is 5.73 Å². The highest BCUT2D eigenvalue weighted by Gasteiger charge is 2.13. The number of unbranched alkanes of at least 4 members (excludes halogenated alkanes) is 3. The van der Waals surface area contributed by atoms with E-state index in [0.717, 1.165) is 25.0 Å². The predicted octanol–water partition coefficient (Wildman–Crippen LogP) is 6.59. The topological polar surface area (TPSA) is 26.0 Å². The van der Waals surface area contributed by atoms with Crippen LogP contribution >= 0.6 is 0 Å². The molecule has 0 saturated heterocycles. The minimum Gasteiger partial charge on any atom is -0.403 e. The quantitative estimate of drug-likeness (QED) is 0.430. The maximum atomic E-state index is 5.71. The van der Waals surface area contributed by atoms with Gasteiger partial charge in [0.2, 0.25) is 0 Å². The summed E-state index contributed by atoms with van der Waals surface area (Å²) in [7, 11) is 0. The lowest BCUT2D eigenvalue weighted by atomic mass is 9.86. The Bertz CT molecular complexity index is 539. The first kappa shape index (κ1) is 20.5. The van der Waals surface area contributed by atoms with Crippen molar-refractivity contribution in [3.8, 4) is 0 Å². The van der Waals surface area contributed by atoms with Gasteiger partial charge < -0.3 is 5.73 Å². The molecule has 0 aliphatic carbocycles. The van der Waals surface area contributed by atoms with E-state index in [9.17, 15) is 0 Å². The second kappa shape index (κ2) is 11.1. The van der Waals surface area contributed by atoms with Crippen molar-refractivity contribution in [3.05, 3.63) is 53.2 Å². The molecule has 1 aromatic rings. The molecule has 0 aliphatic rings. The van der Waals surface area contributed by atoms with E-state index in [4.69, 9.17) is 5.73 Å². The van der Waals surface area contributed by atoms with Gasteiger partial charge in [-0.25, -0.2) is 0 Å². The molecule has 2 N–H and O–H groups in total. The molecule has 0 fully saturated rings. The summed E-state index contributed by atoms with van der Waals surface area (Å²) in [6.45, 7) is 14.7. The number of benzene rings is 1. The molecule has 1 rings (SSSR count). The van der Waals surface area contributed by atoms with Gasteiger partial charge in [-0.05, 0) is 74.1 Å². The Labute approximate surface area is 150 Å². The van der Waals surface area contributed by atoms with Crippen molar-refractivity contribution in [2.75, 3.05) is 0 Å². The molecular weight excluding hydrogens is 290 g/mol. The third-order valence-corrected chi connectivity index (χ3v) is 4.71. The summed E-state index contributed by atoms with van der Waals surface area (Å²) >= 11 is 0. The number of allylic oxidation sites excluding steroid dienone is 2. The molecule has 1 aromatic carbocycles. The van der Waals surface area contributed by atoms with E-state index >= 15 is 0 Å². The first-order chi connectivity index (χ1) is 11.5. The number of aryl methyl sites for hydroxylation is 1. The maximum Gasteiger partial charge on any atom is 0.000744 e. The van der Waals surface area contributed by atoms with E-state index in [-0.39, 0.29) is 0 Å². The summed E-state index contributed by atoms with van der Waals surface area (Å²) in [5, 5.41) is 0. The molecule has 0 spiro atoms. The average molecular weight is 328 g/mol. The Balaban J connectivity index is 3.04. The average Bonchev–Trinajstić information content (AvgIpc) is 2.53. The van der Waals surface area contributed by atoms with Crippen LogP contribution in [0.15, 0.2) is 31.0 Å². The van der Waals surface area contributed by atoms with E-state index in [0.29, 0.717) is 0 Å². The maximum absolute atomic E-state index is 5.71. The monoisotopic (exact) mass is 327 g/mol. The largest absolute Gasteiger partial charge is 0.403 e. The third-order valence-electron chi connectivity index (χ3n) is 4.71. The van der Waals surface area contributed by atoms with Crippen molar-refractivity contribution in [1.29, 1.82) is 0 Å². The molecule has 0 aliphatic heterocycles. The van der Waals surface area contributed by atoms with Crippen molar-refractivity contribution in [1.82, 2.24) is 0 Å². The van der Waals surface area contributed by atoms with Gasteiger partial charge in [0.15, 0.2) is 0 Å². The molecule has 0 heterocycles. The first-order valence-corrected chi connectivity index (χ1v) is 9.73. The van der Waals surface area contributed by atoms with E-state index in [1.165, 1.54) is 56.1 Å². The molecule has 134 valence electrons. The standard InChI is InChI=1S/C23H37N/c1-6-8-9-14-20-16-17-21(18(3)4)23(22(20)12-7-2)15-11-10-13-19(5)24/h16-17H,3,5-15,24H2,1-2,4H3. The first-order valence-electron chi connectivity index (χ1n) is 9.73. The van der Waals surface area contributed by atoms with Crippen molar-refractivity contribution >= 4 is 5.57 Å². The second-order valence-electron chi connectivity index (χ2n) is 7.08. The zero-order chi connectivity index (χ0) is 17.9. The smallest absolute Gasteiger partial charge is 0.000744 e. The number of hydrogen-bond acceptors (Lipinski definition) is 1. The molecule has 0 bridgehead atoms. The van der Waals surface area contributed by atoms with Crippen LogP contribution < -0.4 is 5.73 Å². The van der Waals surface area contributed by atoms with Crippen molar-refractivity contribution < 1.29 is 0 Å². The van der Waals surface area contributed by atoms with Gasteiger partial charge in [-0.2, -0.15) is 0 Å². The molecule has 0 aromatic heterocycles.